The first kappa shape index (κ1) is 23.5. The summed E-state index contributed by atoms with van der Waals surface area (Å²) in [5, 5.41) is 5.87. The van der Waals surface area contributed by atoms with Gasteiger partial charge in [-0.25, -0.2) is 0 Å². The van der Waals surface area contributed by atoms with E-state index in [1.807, 2.05) is 49.4 Å². The van der Waals surface area contributed by atoms with Crippen molar-refractivity contribution in [1.82, 2.24) is 5.32 Å². The highest BCUT2D eigenvalue weighted by Gasteiger charge is 2.19. The van der Waals surface area contributed by atoms with Crippen molar-refractivity contribution in [2.24, 2.45) is 0 Å². The zero-order valence-corrected chi connectivity index (χ0v) is 18.8. The standard InChI is InChI=1S/C26H33N3O3/c1-2-32-19-9-16-27-26(31)23-20-22(13-14-24(23)29-17-7-4-8-18-29)28-25(30)15-12-21-10-5-3-6-11-21/h3,5-6,10-15,20H,2,4,7-9,16-19H2,1H3,(H,27,31)(H,28,30). The average molecular weight is 436 g/mol. The summed E-state index contributed by atoms with van der Waals surface area (Å²) in [5.41, 5.74) is 3.07. The van der Waals surface area contributed by atoms with Crippen LogP contribution in [0.2, 0.25) is 0 Å². The summed E-state index contributed by atoms with van der Waals surface area (Å²) in [6.45, 7) is 5.69. The number of hydrogen-bond donors (Lipinski definition) is 2. The van der Waals surface area contributed by atoms with Crippen LogP contribution in [0.5, 0.6) is 0 Å². The van der Waals surface area contributed by atoms with Gasteiger partial charge in [0.15, 0.2) is 0 Å². The summed E-state index contributed by atoms with van der Waals surface area (Å²) < 4.78 is 5.34. The Labute approximate surface area is 190 Å². The quantitative estimate of drug-likeness (QED) is 0.426. The zero-order valence-electron chi connectivity index (χ0n) is 18.8. The molecule has 2 amide bonds. The number of benzene rings is 2. The van der Waals surface area contributed by atoms with Gasteiger partial charge in [0.05, 0.1) is 5.56 Å². The Morgan fingerprint density at radius 2 is 1.84 bits per heavy atom. The highest BCUT2D eigenvalue weighted by Crippen LogP contribution is 2.27. The molecule has 3 rings (SSSR count). The van der Waals surface area contributed by atoms with Crippen LogP contribution in [-0.4, -0.2) is 44.7 Å². The maximum Gasteiger partial charge on any atom is 0.253 e. The van der Waals surface area contributed by atoms with E-state index < -0.39 is 0 Å². The number of carbonyl (C=O) groups is 2. The Morgan fingerprint density at radius 3 is 2.59 bits per heavy atom. The second-order valence-electron chi connectivity index (χ2n) is 7.82. The van der Waals surface area contributed by atoms with Gasteiger partial charge in [-0.15, -0.1) is 0 Å². The van der Waals surface area contributed by atoms with Gasteiger partial charge in [0.2, 0.25) is 5.91 Å². The predicted octanol–water partition coefficient (Wildman–Crippen LogP) is 4.49. The highest BCUT2D eigenvalue weighted by molar-refractivity contribution is 6.05. The van der Waals surface area contributed by atoms with E-state index in [9.17, 15) is 9.59 Å². The molecule has 32 heavy (non-hydrogen) atoms. The van der Waals surface area contributed by atoms with Crippen molar-refractivity contribution < 1.29 is 14.3 Å². The first-order valence-electron chi connectivity index (χ1n) is 11.5. The summed E-state index contributed by atoms with van der Waals surface area (Å²) in [7, 11) is 0. The second-order valence-corrected chi connectivity index (χ2v) is 7.82. The molecular weight excluding hydrogens is 402 g/mol. The third kappa shape index (κ3) is 7.24. The Bertz CT molecular complexity index is 906. The lowest BCUT2D eigenvalue weighted by atomic mass is 10.1. The first-order valence-corrected chi connectivity index (χ1v) is 11.5. The number of ether oxygens (including phenoxy) is 1. The Balaban J connectivity index is 1.71. The molecule has 1 heterocycles. The number of piperidine rings is 1. The van der Waals surface area contributed by atoms with Gasteiger partial charge in [-0.3, -0.25) is 9.59 Å². The molecule has 2 N–H and O–H groups in total. The Morgan fingerprint density at radius 1 is 1.06 bits per heavy atom. The first-order chi connectivity index (χ1) is 15.7. The monoisotopic (exact) mass is 435 g/mol. The summed E-state index contributed by atoms with van der Waals surface area (Å²) >= 11 is 0. The van der Waals surface area contributed by atoms with Crippen molar-refractivity contribution in [3.8, 4) is 0 Å². The zero-order chi connectivity index (χ0) is 22.6. The molecule has 0 unspecified atom stereocenters. The molecule has 0 atom stereocenters. The van der Waals surface area contributed by atoms with Crippen LogP contribution in [0.1, 0.15) is 48.5 Å². The van der Waals surface area contributed by atoms with E-state index in [-0.39, 0.29) is 11.8 Å². The summed E-state index contributed by atoms with van der Waals surface area (Å²) in [4.78, 5) is 27.7. The summed E-state index contributed by atoms with van der Waals surface area (Å²) in [6.07, 6.45) is 7.50. The van der Waals surface area contributed by atoms with Gasteiger partial charge in [-0.05, 0) is 62.4 Å². The molecule has 0 radical (unpaired) electrons. The molecule has 2 aromatic carbocycles. The fourth-order valence-corrected chi connectivity index (χ4v) is 3.74. The largest absolute Gasteiger partial charge is 0.382 e. The van der Waals surface area contributed by atoms with E-state index in [1.54, 1.807) is 12.1 Å². The minimum absolute atomic E-state index is 0.127. The van der Waals surface area contributed by atoms with Crippen molar-refractivity contribution >= 4 is 29.3 Å². The van der Waals surface area contributed by atoms with Crippen LogP contribution in [-0.2, 0) is 9.53 Å². The van der Waals surface area contributed by atoms with E-state index in [0.717, 1.165) is 43.6 Å². The molecule has 170 valence electrons. The lowest BCUT2D eigenvalue weighted by molar-refractivity contribution is -0.111. The Kier molecular flexibility index (Phi) is 9.32. The van der Waals surface area contributed by atoms with Crippen LogP contribution in [0, 0.1) is 0 Å². The van der Waals surface area contributed by atoms with Crippen molar-refractivity contribution in [1.29, 1.82) is 0 Å². The van der Waals surface area contributed by atoms with Crippen molar-refractivity contribution in [2.75, 3.05) is 43.1 Å². The van der Waals surface area contributed by atoms with Crippen LogP contribution in [0.25, 0.3) is 6.08 Å². The normalized spacial score (nSPS) is 13.8. The number of anilines is 2. The molecular formula is C26H33N3O3. The van der Waals surface area contributed by atoms with Crippen LogP contribution < -0.4 is 15.5 Å². The van der Waals surface area contributed by atoms with Gasteiger partial charge in [0, 0.05) is 50.3 Å². The summed E-state index contributed by atoms with van der Waals surface area (Å²) in [5.74, 6) is -0.361. The predicted molar refractivity (Wildman–Crippen MR) is 130 cm³/mol. The lowest BCUT2D eigenvalue weighted by Crippen LogP contribution is -2.33. The lowest BCUT2D eigenvalue weighted by Gasteiger charge is -2.30. The summed E-state index contributed by atoms with van der Waals surface area (Å²) in [6, 6.07) is 15.2. The molecule has 1 saturated heterocycles. The Hall–Kier alpha value is -3.12. The minimum atomic E-state index is -0.234. The van der Waals surface area contributed by atoms with Crippen LogP contribution >= 0.6 is 0 Å². The second kappa shape index (κ2) is 12.7. The molecule has 6 nitrogen and oxygen atoms in total. The van der Waals surface area contributed by atoms with Gasteiger partial charge in [-0.1, -0.05) is 30.3 Å². The fourth-order valence-electron chi connectivity index (χ4n) is 3.74. The molecule has 6 heteroatoms. The van der Waals surface area contributed by atoms with Gasteiger partial charge in [0.1, 0.15) is 0 Å². The average Bonchev–Trinajstić information content (AvgIpc) is 2.83. The van der Waals surface area contributed by atoms with Gasteiger partial charge >= 0.3 is 0 Å². The van der Waals surface area contributed by atoms with Crippen LogP contribution in [0.15, 0.2) is 54.6 Å². The molecule has 0 bridgehead atoms. The SMILES string of the molecule is CCOCCCNC(=O)c1cc(NC(=O)C=Cc2ccccc2)ccc1N1CCCCC1. The van der Waals surface area contributed by atoms with Crippen LogP contribution in [0.4, 0.5) is 11.4 Å². The number of carbonyl (C=O) groups excluding carboxylic acids is 2. The highest BCUT2D eigenvalue weighted by atomic mass is 16.5. The van der Waals surface area contributed by atoms with E-state index in [0.29, 0.717) is 31.0 Å². The van der Waals surface area contributed by atoms with Crippen molar-refractivity contribution in [3.05, 3.63) is 65.7 Å². The number of rotatable bonds is 10. The maximum absolute atomic E-state index is 13.0. The molecule has 1 aliphatic heterocycles. The fraction of sp³-hybridized carbons (Fsp3) is 0.385. The maximum atomic E-state index is 13.0. The number of amides is 2. The smallest absolute Gasteiger partial charge is 0.253 e. The molecule has 2 aromatic rings. The third-order valence-electron chi connectivity index (χ3n) is 5.39. The van der Waals surface area contributed by atoms with Gasteiger partial charge < -0.3 is 20.3 Å². The van der Waals surface area contributed by atoms with Crippen LogP contribution in [0.3, 0.4) is 0 Å². The minimum Gasteiger partial charge on any atom is -0.382 e. The van der Waals surface area contributed by atoms with Gasteiger partial charge in [0.25, 0.3) is 5.91 Å². The van der Waals surface area contributed by atoms with Crippen molar-refractivity contribution in [2.45, 2.75) is 32.6 Å². The molecule has 0 saturated carbocycles. The van der Waals surface area contributed by atoms with E-state index in [1.165, 1.54) is 12.5 Å². The van der Waals surface area contributed by atoms with E-state index in [2.05, 4.69) is 15.5 Å². The topological polar surface area (TPSA) is 70.7 Å². The number of nitrogens with zero attached hydrogens (tertiary/aromatic N) is 1. The number of nitrogens with one attached hydrogen (secondary N) is 2. The third-order valence-corrected chi connectivity index (χ3v) is 5.39. The molecule has 1 fully saturated rings. The number of hydrogen-bond acceptors (Lipinski definition) is 4. The van der Waals surface area contributed by atoms with Gasteiger partial charge in [-0.2, -0.15) is 0 Å². The molecule has 0 spiro atoms. The van der Waals surface area contributed by atoms with E-state index in [4.69, 9.17) is 4.74 Å². The molecule has 0 aliphatic carbocycles. The molecule has 1 aliphatic rings. The molecule has 0 aromatic heterocycles. The van der Waals surface area contributed by atoms with Crippen molar-refractivity contribution in [3.63, 3.8) is 0 Å². The van der Waals surface area contributed by atoms with E-state index >= 15 is 0 Å².